The predicted octanol–water partition coefficient (Wildman–Crippen LogP) is 4.60. The molecule has 2 aromatic rings. The Hall–Kier alpha value is -2.13. The lowest BCUT2D eigenvalue weighted by Gasteiger charge is -2.31. The molecule has 0 N–H and O–H groups in total. The highest BCUT2D eigenvalue weighted by Crippen LogP contribution is 2.48. The fourth-order valence-electron chi connectivity index (χ4n) is 5.51. The van der Waals surface area contributed by atoms with Crippen LogP contribution in [0.3, 0.4) is 0 Å². The second-order valence-corrected chi connectivity index (χ2v) is 9.35. The number of benzene rings is 2. The van der Waals surface area contributed by atoms with E-state index in [-0.39, 0.29) is 6.04 Å². The zero-order valence-corrected chi connectivity index (χ0v) is 17.7. The standard InChI is InChI=1S/C26H32N2O/c1-3-19-8-10-20(11-9-19)14-27-15-22-16-28(26(29)21-12-13-21)25(24(22)17-27)23-7-5-4-6-18(23)2/h4-11,21-22,24-25H,3,12-17H2,1-2H3/t22-,24-,25+/m0/s1. The zero-order valence-electron chi connectivity index (χ0n) is 17.7. The first-order valence-electron chi connectivity index (χ1n) is 11.3. The molecule has 0 radical (unpaired) electrons. The van der Waals surface area contributed by atoms with Gasteiger partial charge in [-0.3, -0.25) is 9.69 Å². The topological polar surface area (TPSA) is 23.6 Å². The van der Waals surface area contributed by atoms with Crippen molar-refractivity contribution in [1.82, 2.24) is 9.80 Å². The van der Waals surface area contributed by atoms with Gasteiger partial charge in [0.25, 0.3) is 0 Å². The summed E-state index contributed by atoms with van der Waals surface area (Å²) < 4.78 is 0. The molecular formula is C26H32N2O. The van der Waals surface area contributed by atoms with E-state index in [0.29, 0.717) is 23.7 Å². The van der Waals surface area contributed by atoms with Crippen molar-refractivity contribution in [3.8, 4) is 0 Å². The van der Waals surface area contributed by atoms with Gasteiger partial charge in [0, 0.05) is 38.0 Å². The number of aryl methyl sites for hydroxylation is 2. The van der Waals surface area contributed by atoms with Crippen LogP contribution in [0.2, 0.25) is 0 Å². The van der Waals surface area contributed by atoms with E-state index in [9.17, 15) is 4.79 Å². The number of carbonyl (C=O) groups is 1. The van der Waals surface area contributed by atoms with Gasteiger partial charge >= 0.3 is 0 Å². The fraction of sp³-hybridized carbons (Fsp3) is 0.500. The van der Waals surface area contributed by atoms with Crippen LogP contribution in [0, 0.1) is 24.7 Å². The minimum Gasteiger partial charge on any atom is -0.335 e. The molecule has 0 unspecified atom stereocenters. The molecule has 2 saturated heterocycles. The van der Waals surface area contributed by atoms with Gasteiger partial charge in [-0.25, -0.2) is 0 Å². The monoisotopic (exact) mass is 388 g/mol. The highest BCUT2D eigenvalue weighted by Gasteiger charge is 2.51. The number of amides is 1. The summed E-state index contributed by atoms with van der Waals surface area (Å²) in [5.74, 6) is 1.86. The minimum absolute atomic E-state index is 0.252. The Morgan fingerprint density at radius 2 is 1.69 bits per heavy atom. The Labute approximate surface area is 174 Å². The fourth-order valence-corrected chi connectivity index (χ4v) is 5.51. The summed E-state index contributed by atoms with van der Waals surface area (Å²) in [5, 5.41) is 0. The molecule has 1 aliphatic carbocycles. The van der Waals surface area contributed by atoms with Gasteiger partial charge in [-0.05, 0) is 54.4 Å². The van der Waals surface area contributed by atoms with Gasteiger partial charge in [-0.2, -0.15) is 0 Å². The highest BCUT2D eigenvalue weighted by atomic mass is 16.2. The summed E-state index contributed by atoms with van der Waals surface area (Å²) in [6, 6.07) is 18.0. The van der Waals surface area contributed by atoms with E-state index in [1.165, 1.54) is 22.3 Å². The van der Waals surface area contributed by atoms with Crippen molar-refractivity contribution < 1.29 is 4.79 Å². The number of nitrogens with zero attached hydrogens (tertiary/aromatic N) is 2. The van der Waals surface area contributed by atoms with Gasteiger partial charge in [0.2, 0.25) is 5.91 Å². The number of fused-ring (bicyclic) bond motifs is 1. The SMILES string of the molecule is CCc1ccc(CN2C[C@H]3CN(C(=O)C4CC4)[C@H](c4ccccc4C)[C@H]3C2)cc1. The van der Waals surface area contributed by atoms with Crippen molar-refractivity contribution in [2.24, 2.45) is 17.8 Å². The van der Waals surface area contributed by atoms with E-state index < -0.39 is 0 Å². The van der Waals surface area contributed by atoms with E-state index in [1.54, 1.807) is 0 Å². The van der Waals surface area contributed by atoms with Crippen LogP contribution in [0.4, 0.5) is 0 Å². The second kappa shape index (κ2) is 7.60. The van der Waals surface area contributed by atoms with E-state index in [4.69, 9.17) is 0 Å². The molecule has 0 aromatic heterocycles. The maximum atomic E-state index is 13.1. The molecule has 2 aliphatic heterocycles. The Morgan fingerprint density at radius 1 is 0.966 bits per heavy atom. The normalized spacial score (nSPS) is 26.7. The summed E-state index contributed by atoms with van der Waals surface area (Å²) in [6.07, 6.45) is 3.27. The molecule has 2 aromatic carbocycles. The van der Waals surface area contributed by atoms with Crippen molar-refractivity contribution in [3.05, 3.63) is 70.8 Å². The lowest BCUT2D eigenvalue weighted by molar-refractivity contribution is -0.134. The number of carbonyl (C=O) groups excluding carboxylic acids is 1. The van der Waals surface area contributed by atoms with Crippen LogP contribution in [0.5, 0.6) is 0 Å². The molecule has 3 aliphatic rings. The number of rotatable bonds is 5. The van der Waals surface area contributed by atoms with Crippen LogP contribution in [-0.4, -0.2) is 35.3 Å². The molecule has 1 amide bonds. The van der Waals surface area contributed by atoms with Gasteiger partial charge in [0.1, 0.15) is 0 Å². The summed E-state index contributed by atoms with van der Waals surface area (Å²) in [6.45, 7) is 8.56. The smallest absolute Gasteiger partial charge is 0.226 e. The lowest BCUT2D eigenvalue weighted by atomic mass is 9.87. The third-order valence-corrected chi connectivity index (χ3v) is 7.29. The molecule has 3 atom stereocenters. The van der Waals surface area contributed by atoms with E-state index >= 15 is 0 Å². The zero-order chi connectivity index (χ0) is 20.0. The Kier molecular flexibility index (Phi) is 4.95. The van der Waals surface area contributed by atoms with E-state index in [2.05, 4.69) is 72.2 Å². The van der Waals surface area contributed by atoms with Crippen LogP contribution < -0.4 is 0 Å². The molecule has 3 fully saturated rings. The maximum absolute atomic E-state index is 13.1. The molecule has 2 heterocycles. The van der Waals surface area contributed by atoms with Gasteiger partial charge in [-0.15, -0.1) is 0 Å². The largest absolute Gasteiger partial charge is 0.335 e. The summed E-state index contributed by atoms with van der Waals surface area (Å²) in [4.78, 5) is 17.9. The molecule has 29 heavy (non-hydrogen) atoms. The minimum atomic E-state index is 0.252. The average molecular weight is 389 g/mol. The van der Waals surface area contributed by atoms with Crippen molar-refractivity contribution >= 4 is 5.91 Å². The highest BCUT2D eigenvalue weighted by molar-refractivity contribution is 5.82. The molecule has 152 valence electrons. The summed E-state index contributed by atoms with van der Waals surface area (Å²) in [7, 11) is 0. The molecule has 3 heteroatoms. The third kappa shape index (κ3) is 3.61. The van der Waals surface area contributed by atoms with Crippen molar-refractivity contribution in [2.75, 3.05) is 19.6 Å². The molecule has 1 saturated carbocycles. The van der Waals surface area contributed by atoms with Crippen molar-refractivity contribution in [3.63, 3.8) is 0 Å². The quantitative estimate of drug-likeness (QED) is 0.747. The van der Waals surface area contributed by atoms with Crippen molar-refractivity contribution in [1.29, 1.82) is 0 Å². The molecule has 3 nitrogen and oxygen atoms in total. The Balaban J connectivity index is 1.36. The molecule has 5 rings (SSSR count). The van der Waals surface area contributed by atoms with Crippen LogP contribution in [-0.2, 0) is 17.8 Å². The molecule has 0 bridgehead atoms. The molecule has 0 spiro atoms. The summed E-state index contributed by atoms with van der Waals surface area (Å²) >= 11 is 0. The predicted molar refractivity (Wildman–Crippen MR) is 116 cm³/mol. The summed E-state index contributed by atoms with van der Waals surface area (Å²) in [5.41, 5.74) is 5.49. The van der Waals surface area contributed by atoms with Gasteiger partial charge in [0.15, 0.2) is 0 Å². The van der Waals surface area contributed by atoms with E-state index in [1.807, 2.05) is 0 Å². The van der Waals surface area contributed by atoms with Crippen LogP contribution in [0.15, 0.2) is 48.5 Å². The van der Waals surface area contributed by atoms with Crippen LogP contribution in [0.1, 0.15) is 48.1 Å². The first kappa shape index (κ1) is 18.9. The maximum Gasteiger partial charge on any atom is 0.226 e. The van der Waals surface area contributed by atoms with Gasteiger partial charge in [0.05, 0.1) is 6.04 Å². The number of hydrogen-bond donors (Lipinski definition) is 0. The number of hydrogen-bond acceptors (Lipinski definition) is 2. The van der Waals surface area contributed by atoms with E-state index in [0.717, 1.165) is 45.4 Å². The van der Waals surface area contributed by atoms with Crippen LogP contribution in [0.25, 0.3) is 0 Å². The first-order chi connectivity index (χ1) is 14.1. The Morgan fingerprint density at radius 3 is 2.38 bits per heavy atom. The van der Waals surface area contributed by atoms with Crippen molar-refractivity contribution in [2.45, 2.75) is 45.7 Å². The lowest BCUT2D eigenvalue weighted by Crippen LogP contribution is -2.36. The van der Waals surface area contributed by atoms with Gasteiger partial charge < -0.3 is 4.90 Å². The third-order valence-electron chi connectivity index (χ3n) is 7.29. The number of likely N-dealkylation sites (tertiary alicyclic amines) is 2. The average Bonchev–Trinajstić information content (AvgIpc) is 3.43. The van der Waals surface area contributed by atoms with Crippen LogP contribution >= 0.6 is 0 Å². The van der Waals surface area contributed by atoms with Gasteiger partial charge in [-0.1, -0.05) is 55.5 Å². The molecular weight excluding hydrogens is 356 g/mol. The first-order valence-corrected chi connectivity index (χ1v) is 11.3. The second-order valence-electron chi connectivity index (χ2n) is 9.35. The Bertz CT molecular complexity index is 886.